The summed E-state index contributed by atoms with van der Waals surface area (Å²) < 4.78 is 16.6. The Hall–Kier alpha value is -3.51. The number of methoxy groups -OCH3 is 2. The molecule has 186 valence electrons. The molecule has 1 aliphatic heterocycles. The highest BCUT2D eigenvalue weighted by molar-refractivity contribution is 5.68. The molecule has 0 aliphatic carbocycles. The Balaban J connectivity index is 0.000000795. The Morgan fingerprint density at radius 2 is 1.54 bits per heavy atom. The number of benzene rings is 3. The third-order valence-electron chi connectivity index (χ3n) is 5.85. The summed E-state index contributed by atoms with van der Waals surface area (Å²) in [6, 6.07) is 24.3. The monoisotopic (exact) mass is 477 g/mol. The van der Waals surface area contributed by atoms with Crippen molar-refractivity contribution in [3.05, 3.63) is 78.4 Å². The summed E-state index contributed by atoms with van der Waals surface area (Å²) in [5.41, 5.74) is 3.42. The maximum Gasteiger partial charge on any atom is 0.409 e. The molecule has 0 bridgehead atoms. The van der Waals surface area contributed by atoms with Gasteiger partial charge in [-0.2, -0.15) is 0 Å². The van der Waals surface area contributed by atoms with Crippen molar-refractivity contribution in [2.75, 3.05) is 27.3 Å². The summed E-state index contributed by atoms with van der Waals surface area (Å²) in [5, 5.41) is 8.06. The minimum absolute atomic E-state index is 0.167. The number of likely N-dealkylation sites (tertiary alicyclic amines) is 1. The van der Waals surface area contributed by atoms with Gasteiger partial charge in [0.25, 0.3) is 0 Å². The molecule has 1 N–H and O–H groups in total. The molecule has 0 saturated carbocycles. The fourth-order valence-electron chi connectivity index (χ4n) is 4.16. The highest BCUT2D eigenvalue weighted by atomic mass is 16.5. The zero-order valence-electron chi connectivity index (χ0n) is 21.1. The van der Waals surface area contributed by atoms with E-state index in [9.17, 15) is 4.79 Å². The van der Waals surface area contributed by atoms with Gasteiger partial charge in [0.1, 0.15) is 5.75 Å². The normalized spacial score (nSPS) is 16.9. The number of carbonyl (C=O) groups is 1. The summed E-state index contributed by atoms with van der Waals surface area (Å²) in [4.78, 5) is 13.7. The van der Waals surface area contributed by atoms with E-state index >= 15 is 0 Å². The Kier molecular flexibility index (Phi) is 9.15. The lowest BCUT2D eigenvalue weighted by Gasteiger charge is -2.18. The molecule has 6 nitrogen and oxygen atoms in total. The number of ether oxygens (including phenoxy) is 3. The van der Waals surface area contributed by atoms with Gasteiger partial charge in [0.05, 0.1) is 14.2 Å². The van der Waals surface area contributed by atoms with Crippen LogP contribution in [0.4, 0.5) is 4.79 Å². The van der Waals surface area contributed by atoms with Crippen LogP contribution in [0.5, 0.6) is 17.2 Å². The van der Waals surface area contributed by atoms with Gasteiger partial charge in [0.15, 0.2) is 11.5 Å². The van der Waals surface area contributed by atoms with Crippen molar-refractivity contribution in [3.63, 3.8) is 0 Å². The Bertz CT molecular complexity index is 1080. The average molecular weight is 478 g/mol. The molecule has 0 aromatic heterocycles. The van der Waals surface area contributed by atoms with E-state index < -0.39 is 0 Å². The predicted octanol–water partition coefficient (Wildman–Crippen LogP) is 6.34. The van der Waals surface area contributed by atoms with Gasteiger partial charge in [-0.1, -0.05) is 55.5 Å². The fourth-order valence-corrected chi connectivity index (χ4v) is 4.16. The number of hydrogen-bond donors (Lipinski definition) is 1. The molecular weight excluding hydrogens is 442 g/mol. The highest BCUT2D eigenvalue weighted by Gasteiger charge is 2.34. The van der Waals surface area contributed by atoms with Gasteiger partial charge in [0.2, 0.25) is 0 Å². The molecular formula is C29H35NO5. The smallest absolute Gasteiger partial charge is 0.409 e. The predicted molar refractivity (Wildman–Crippen MR) is 138 cm³/mol. The maximum absolute atomic E-state index is 11.9. The molecule has 6 heteroatoms. The number of aliphatic hydroxyl groups excluding tert-OH is 1. The van der Waals surface area contributed by atoms with Crippen molar-refractivity contribution >= 4 is 6.09 Å². The van der Waals surface area contributed by atoms with E-state index in [1.54, 1.807) is 25.9 Å². The molecule has 35 heavy (non-hydrogen) atoms. The minimum Gasteiger partial charge on any atom is -0.493 e. The largest absolute Gasteiger partial charge is 0.493 e. The van der Waals surface area contributed by atoms with Crippen LogP contribution < -0.4 is 9.47 Å². The lowest BCUT2D eigenvalue weighted by molar-refractivity contribution is 0.131. The van der Waals surface area contributed by atoms with Crippen LogP contribution in [0.2, 0.25) is 0 Å². The number of aliphatic hydroxyl groups is 1. The number of carbonyl (C=O) groups excluding carboxylic acids is 1. The van der Waals surface area contributed by atoms with Gasteiger partial charge in [-0.05, 0) is 60.7 Å². The van der Waals surface area contributed by atoms with Crippen LogP contribution in [-0.2, 0) is 4.74 Å². The number of hydrogen-bond acceptors (Lipinski definition) is 5. The first-order valence-electron chi connectivity index (χ1n) is 11.8. The standard InChI is InChI=1S/C26H27NO4.C3H8O/c1-18-16-27(26(28)30-3)17-23(18)21-11-14-24(29-2)25(15-21)31-22-12-9-20(10-13-22)19-7-5-4-6-8-19;1-3(2)4/h4-15,18,23H,16-17H2,1-3H3;3-4H,1-2H3/t18-,23+;/m0./s1. The van der Waals surface area contributed by atoms with Gasteiger partial charge < -0.3 is 24.2 Å². The lowest BCUT2D eigenvalue weighted by atomic mass is 9.90. The van der Waals surface area contributed by atoms with E-state index in [2.05, 4.69) is 19.1 Å². The first-order valence-corrected chi connectivity index (χ1v) is 11.8. The second kappa shape index (κ2) is 12.3. The maximum atomic E-state index is 11.9. The zero-order chi connectivity index (χ0) is 25.4. The van der Waals surface area contributed by atoms with Crippen molar-refractivity contribution in [2.45, 2.75) is 32.8 Å². The minimum atomic E-state index is -0.280. The van der Waals surface area contributed by atoms with Crippen molar-refractivity contribution in [1.82, 2.24) is 4.90 Å². The fraction of sp³-hybridized carbons (Fsp3) is 0.345. The van der Waals surface area contributed by atoms with Gasteiger partial charge in [-0.25, -0.2) is 4.79 Å². The third kappa shape index (κ3) is 6.99. The molecule has 1 heterocycles. The van der Waals surface area contributed by atoms with Crippen molar-refractivity contribution < 1.29 is 24.1 Å². The average Bonchev–Trinajstić information content (AvgIpc) is 3.25. The molecule has 1 amide bonds. The van der Waals surface area contributed by atoms with Crippen molar-refractivity contribution in [2.24, 2.45) is 5.92 Å². The van der Waals surface area contributed by atoms with Crippen LogP contribution in [0.1, 0.15) is 32.3 Å². The topological polar surface area (TPSA) is 68.2 Å². The van der Waals surface area contributed by atoms with Gasteiger partial charge in [-0.3, -0.25) is 0 Å². The SMILES string of the molecule is CC(C)O.COC(=O)N1C[C@H](C)[C@H](c2ccc(OC)c(Oc3ccc(-c4ccccc4)cc3)c2)C1. The van der Waals surface area contributed by atoms with Gasteiger partial charge in [-0.15, -0.1) is 0 Å². The Labute approximate surface area is 208 Å². The second-order valence-corrected chi connectivity index (χ2v) is 8.96. The molecule has 3 aromatic rings. The van der Waals surface area contributed by atoms with Crippen molar-refractivity contribution in [3.8, 4) is 28.4 Å². The van der Waals surface area contributed by atoms with Crippen LogP contribution >= 0.6 is 0 Å². The van der Waals surface area contributed by atoms with Gasteiger partial charge in [0, 0.05) is 25.1 Å². The van der Waals surface area contributed by atoms with Crippen molar-refractivity contribution in [1.29, 1.82) is 0 Å². The molecule has 2 atom stereocenters. The molecule has 0 unspecified atom stereocenters. The van der Waals surface area contributed by atoms with Crippen LogP contribution in [-0.4, -0.2) is 49.5 Å². The van der Waals surface area contributed by atoms with Crippen LogP contribution in [0.25, 0.3) is 11.1 Å². The second-order valence-electron chi connectivity index (χ2n) is 8.96. The molecule has 1 fully saturated rings. The third-order valence-corrected chi connectivity index (χ3v) is 5.85. The van der Waals surface area contributed by atoms with E-state index in [-0.39, 0.29) is 18.1 Å². The summed E-state index contributed by atoms with van der Waals surface area (Å²) in [7, 11) is 3.06. The van der Waals surface area contributed by atoms with E-state index in [1.165, 1.54) is 12.7 Å². The molecule has 4 rings (SSSR count). The van der Waals surface area contributed by atoms with E-state index in [0.717, 1.165) is 16.9 Å². The van der Waals surface area contributed by atoms with Crippen LogP contribution in [0, 0.1) is 5.92 Å². The molecule has 0 spiro atoms. The summed E-state index contributed by atoms with van der Waals surface area (Å²) in [6.45, 7) is 6.91. The Morgan fingerprint density at radius 3 is 2.14 bits per heavy atom. The Morgan fingerprint density at radius 1 is 0.914 bits per heavy atom. The lowest BCUT2D eigenvalue weighted by Crippen LogP contribution is -2.28. The quantitative estimate of drug-likeness (QED) is 0.464. The van der Waals surface area contributed by atoms with Crippen LogP contribution in [0.3, 0.4) is 0 Å². The summed E-state index contributed by atoms with van der Waals surface area (Å²) in [5.74, 6) is 2.62. The first-order chi connectivity index (χ1) is 16.8. The summed E-state index contributed by atoms with van der Waals surface area (Å²) >= 11 is 0. The van der Waals surface area contributed by atoms with Gasteiger partial charge >= 0.3 is 6.09 Å². The molecule has 1 aliphatic rings. The number of rotatable bonds is 5. The first kappa shape index (κ1) is 26.1. The van der Waals surface area contributed by atoms with E-state index in [4.69, 9.17) is 19.3 Å². The highest BCUT2D eigenvalue weighted by Crippen LogP contribution is 2.39. The summed E-state index contributed by atoms with van der Waals surface area (Å²) in [6.07, 6.45) is -0.446. The molecule has 0 radical (unpaired) electrons. The molecule has 3 aromatic carbocycles. The number of amides is 1. The number of nitrogens with zero attached hydrogens (tertiary/aromatic N) is 1. The van der Waals surface area contributed by atoms with Crippen LogP contribution in [0.15, 0.2) is 72.8 Å². The van der Waals surface area contributed by atoms with E-state index in [0.29, 0.717) is 30.5 Å². The molecule has 1 saturated heterocycles. The van der Waals surface area contributed by atoms with E-state index in [1.807, 2.05) is 60.7 Å². The zero-order valence-corrected chi connectivity index (χ0v) is 21.1.